The lowest BCUT2D eigenvalue weighted by Crippen LogP contribution is -2.52. The molecule has 1 aromatic carbocycles. The number of rotatable bonds is 3. The number of benzene rings is 1. The minimum Gasteiger partial charge on any atom is -0.389 e. The summed E-state index contributed by atoms with van der Waals surface area (Å²) >= 11 is 8.41. The van der Waals surface area contributed by atoms with Crippen molar-refractivity contribution in [2.45, 2.75) is 6.04 Å². The van der Waals surface area contributed by atoms with Gasteiger partial charge in [0.1, 0.15) is 11.0 Å². The Morgan fingerprint density at radius 2 is 2.21 bits per heavy atom. The molecule has 1 heterocycles. The van der Waals surface area contributed by atoms with E-state index in [1.807, 2.05) is 23.1 Å². The molecule has 2 rings (SSSR count). The van der Waals surface area contributed by atoms with Gasteiger partial charge in [-0.2, -0.15) is 0 Å². The average molecular weight is 344 g/mol. The van der Waals surface area contributed by atoms with Gasteiger partial charge in [0.05, 0.1) is 18.9 Å². The summed E-state index contributed by atoms with van der Waals surface area (Å²) < 4.78 is 6.12. The van der Waals surface area contributed by atoms with Gasteiger partial charge in [-0.25, -0.2) is 0 Å². The quantitative estimate of drug-likeness (QED) is 0.792. The normalized spacial score (nSPS) is 19.2. The molecule has 19 heavy (non-hydrogen) atoms. The standard InChI is InChI=1S/C12H14BrN3O2S/c13-8-5-7(12(15)19)1-2-9(8)16-3-4-18-6-10(16)11(14)17/h1-2,5,10H,3-4,6H2,(H2,14,17)(H2,15,19). The molecule has 0 saturated carbocycles. The third-order valence-electron chi connectivity index (χ3n) is 3.00. The lowest BCUT2D eigenvalue weighted by Gasteiger charge is -2.36. The van der Waals surface area contributed by atoms with Crippen LogP contribution in [-0.4, -0.2) is 36.7 Å². The van der Waals surface area contributed by atoms with Crippen molar-refractivity contribution in [1.29, 1.82) is 0 Å². The third-order valence-corrected chi connectivity index (χ3v) is 3.87. The molecule has 0 radical (unpaired) electrons. The van der Waals surface area contributed by atoms with Gasteiger partial charge in [-0.05, 0) is 34.1 Å². The van der Waals surface area contributed by atoms with Crippen LogP contribution in [-0.2, 0) is 9.53 Å². The molecule has 0 bridgehead atoms. The number of anilines is 1. The summed E-state index contributed by atoms with van der Waals surface area (Å²) in [4.78, 5) is 13.7. The number of hydrogen-bond acceptors (Lipinski definition) is 4. The van der Waals surface area contributed by atoms with Crippen LogP contribution in [0.3, 0.4) is 0 Å². The Balaban J connectivity index is 2.34. The lowest BCUT2D eigenvalue weighted by molar-refractivity contribution is -0.121. The lowest BCUT2D eigenvalue weighted by atomic mass is 10.1. The predicted octanol–water partition coefficient (Wildman–Crippen LogP) is 0.774. The number of primary amides is 1. The molecule has 1 unspecified atom stereocenters. The molecule has 1 aliphatic heterocycles. The number of amides is 1. The minimum absolute atomic E-state index is 0.304. The maximum absolute atomic E-state index is 11.5. The van der Waals surface area contributed by atoms with Crippen molar-refractivity contribution >= 4 is 44.7 Å². The first-order valence-corrected chi connectivity index (χ1v) is 6.94. The van der Waals surface area contributed by atoms with E-state index in [0.29, 0.717) is 24.7 Å². The van der Waals surface area contributed by atoms with Crippen LogP contribution in [0.4, 0.5) is 5.69 Å². The van der Waals surface area contributed by atoms with Gasteiger partial charge < -0.3 is 21.1 Å². The van der Waals surface area contributed by atoms with Gasteiger partial charge in [0.15, 0.2) is 0 Å². The van der Waals surface area contributed by atoms with E-state index in [1.165, 1.54) is 0 Å². The van der Waals surface area contributed by atoms with Crippen LogP contribution in [0.1, 0.15) is 5.56 Å². The van der Waals surface area contributed by atoms with E-state index in [9.17, 15) is 4.79 Å². The van der Waals surface area contributed by atoms with E-state index in [4.69, 9.17) is 28.4 Å². The van der Waals surface area contributed by atoms with Crippen LogP contribution in [0.25, 0.3) is 0 Å². The fraction of sp³-hybridized carbons (Fsp3) is 0.333. The molecular weight excluding hydrogens is 330 g/mol. The highest BCUT2D eigenvalue weighted by Gasteiger charge is 2.29. The molecule has 4 N–H and O–H groups in total. The van der Waals surface area contributed by atoms with Crippen LogP contribution in [0, 0.1) is 0 Å². The van der Waals surface area contributed by atoms with Crippen LogP contribution in [0.2, 0.25) is 0 Å². The number of nitrogens with zero attached hydrogens (tertiary/aromatic N) is 1. The van der Waals surface area contributed by atoms with Gasteiger partial charge in [0.2, 0.25) is 5.91 Å². The second kappa shape index (κ2) is 5.85. The van der Waals surface area contributed by atoms with Crippen molar-refractivity contribution < 1.29 is 9.53 Å². The van der Waals surface area contributed by atoms with Crippen molar-refractivity contribution in [1.82, 2.24) is 0 Å². The Bertz CT molecular complexity index is 524. The molecule has 1 fully saturated rings. The Labute approximate surface area is 125 Å². The summed E-state index contributed by atoms with van der Waals surface area (Å²) in [5.41, 5.74) is 12.7. The average Bonchev–Trinajstić information content (AvgIpc) is 2.38. The zero-order valence-corrected chi connectivity index (χ0v) is 12.5. The topological polar surface area (TPSA) is 81.6 Å². The van der Waals surface area contributed by atoms with Gasteiger partial charge in [-0.1, -0.05) is 12.2 Å². The van der Waals surface area contributed by atoms with E-state index in [-0.39, 0.29) is 0 Å². The van der Waals surface area contributed by atoms with Crippen LogP contribution in [0.15, 0.2) is 22.7 Å². The Morgan fingerprint density at radius 3 is 2.79 bits per heavy atom. The Kier molecular flexibility index (Phi) is 4.38. The first kappa shape index (κ1) is 14.2. The molecule has 0 aromatic heterocycles. The highest BCUT2D eigenvalue weighted by atomic mass is 79.9. The van der Waals surface area contributed by atoms with Crippen LogP contribution in [0.5, 0.6) is 0 Å². The van der Waals surface area contributed by atoms with Crippen molar-refractivity contribution in [2.24, 2.45) is 11.5 Å². The number of halogens is 1. The van der Waals surface area contributed by atoms with E-state index in [2.05, 4.69) is 15.9 Å². The zero-order valence-electron chi connectivity index (χ0n) is 10.1. The smallest absolute Gasteiger partial charge is 0.242 e. The number of hydrogen-bond donors (Lipinski definition) is 2. The maximum Gasteiger partial charge on any atom is 0.242 e. The van der Waals surface area contributed by atoms with E-state index in [0.717, 1.165) is 15.7 Å². The minimum atomic E-state index is -0.458. The monoisotopic (exact) mass is 343 g/mol. The summed E-state index contributed by atoms with van der Waals surface area (Å²) in [6, 6.07) is 5.08. The van der Waals surface area contributed by atoms with Gasteiger partial charge in [0.25, 0.3) is 0 Å². The molecule has 5 nitrogen and oxygen atoms in total. The summed E-state index contributed by atoms with van der Waals surface area (Å²) in [6.45, 7) is 1.48. The molecule has 0 aliphatic carbocycles. The van der Waals surface area contributed by atoms with Gasteiger partial charge in [-0.15, -0.1) is 0 Å². The molecule has 1 amide bonds. The Hall–Kier alpha value is -1.18. The molecule has 0 spiro atoms. The summed E-state index contributed by atoms with van der Waals surface area (Å²) in [5.74, 6) is -0.398. The number of thiocarbonyl (C=S) groups is 1. The van der Waals surface area contributed by atoms with Gasteiger partial charge >= 0.3 is 0 Å². The highest BCUT2D eigenvalue weighted by molar-refractivity contribution is 9.10. The maximum atomic E-state index is 11.5. The molecule has 7 heteroatoms. The fourth-order valence-corrected chi connectivity index (χ4v) is 2.75. The second-order valence-corrected chi connectivity index (χ2v) is 5.51. The van der Waals surface area contributed by atoms with Gasteiger partial charge in [-0.3, -0.25) is 4.79 Å². The SMILES string of the molecule is NC(=O)C1COCCN1c1ccc(C(N)=S)cc1Br. The molecule has 1 aliphatic rings. The molecule has 1 aromatic rings. The number of carbonyl (C=O) groups excluding carboxylic acids is 1. The first-order chi connectivity index (χ1) is 9.00. The van der Waals surface area contributed by atoms with E-state index >= 15 is 0 Å². The molecule has 102 valence electrons. The van der Waals surface area contributed by atoms with Crippen molar-refractivity contribution in [3.63, 3.8) is 0 Å². The zero-order chi connectivity index (χ0) is 14.0. The van der Waals surface area contributed by atoms with E-state index in [1.54, 1.807) is 0 Å². The number of morpholine rings is 1. The highest BCUT2D eigenvalue weighted by Crippen LogP contribution is 2.30. The summed E-state index contributed by atoms with van der Waals surface area (Å²) in [7, 11) is 0. The molecule has 1 saturated heterocycles. The first-order valence-electron chi connectivity index (χ1n) is 5.73. The van der Waals surface area contributed by atoms with E-state index < -0.39 is 11.9 Å². The molecular formula is C12H14BrN3O2S. The number of carbonyl (C=O) groups is 1. The largest absolute Gasteiger partial charge is 0.389 e. The fourth-order valence-electron chi connectivity index (χ4n) is 2.02. The van der Waals surface area contributed by atoms with Crippen molar-refractivity contribution in [2.75, 3.05) is 24.7 Å². The Morgan fingerprint density at radius 1 is 1.47 bits per heavy atom. The second-order valence-electron chi connectivity index (χ2n) is 4.22. The summed E-state index contributed by atoms with van der Waals surface area (Å²) in [5, 5.41) is 0. The van der Waals surface area contributed by atoms with Crippen molar-refractivity contribution in [3.05, 3.63) is 28.2 Å². The number of nitrogens with two attached hydrogens (primary N) is 2. The third kappa shape index (κ3) is 3.05. The van der Waals surface area contributed by atoms with Crippen LogP contribution >= 0.6 is 28.1 Å². The van der Waals surface area contributed by atoms with Gasteiger partial charge in [0, 0.05) is 16.6 Å². The molecule has 1 atom stereocenters. The predicted molar refractivity (Wildman–Crippen MR) is 81.2 cm³/mol. The van der Waals surface area contributed by atoms with Crippen LogP contribution < -0.4 is 16.4 Å². The van der Waals surface area contributed by atoms with Crippen molar-refractivity contribution in [3.8, 4) is 0 Å². The number of ether oxygens (including phenoxy) is 1. The summed E-state index contributed by atoms with van der Waals surface area (Å²) in [6.07, 6.45) is 0.